The van der Waals surface area contributed by atoms with Crippen LogP contribution in [-0.4, -0.2) is 23.8 Å². The van der Waals surface area contributed by atoms with Gasteiger partial charge in [-0.25, -0.2) is 4.79 Å². The first-order valence-corrected chi connectivity index (χ1v) is 10.5. The Morgan fingerprint density at radius 1 is 0.839 bits per heavy atom. The molecule has 1 unspecified atom stereocenters. The number of hydrogen-bond donors (Lipinski definition) is 2. The molecule has 0 bridgehead atoms. The van der Waals surface area contributed by atoms with E-state index in [2.05, 4.69) is 29.6 Å². The Kier molecular flexibility index (Phi) is 4.74. The molecule has 0 aliphatic heterocycles. The predicted molar refractivity (Wildman–Crippen MR) is 117 cm³/mol. The van der Waals surface area contributed by atoms with Crippen LogP contribution in [-0.2, 0) is 9.53 Å². The molecule has 2 aliphatic carbocycles. The number of nitrogens with one attached hydrogen (secondary N) is 1. The van der Waals surface area contributed by atoms with E-state index in [0.717, 1.165) is 33.4 Å². The maximum Gasteiger partial charge on any atom is 0.407 e. The number of benzene rings is 3. The quantitative estimate of drug-likeness (QED) is 0.625. The Hall–Kier alpha value is -3.60. The lowest BCUT2D eigenvalue weighted by Gasteiger charge is -2.21. The van der Waals surface area contributed by atoms with Crippen molar-refractivity contribution in [3.8, 4) is 11.1 Å². The zero-order valence-corrected chi connectivity index (χ0v) is 17.1. The Labute approximate surface area is 180 Å². The number of amides is 1. The minimum atomic E-state index is -0.923. The fraction of sp³-hybridized carbons (Fsp3) is 0.231. The van der Waals surface area contributed by atoms with E-state index in [-0.39, 0.29) is 18.4 Å². The minimum absolute atomic E-state index is 0.0387. The van der Waals surface area contributed by atoms with Crippen molar-refractivity contribution in [3.05, 3.63) is 95.1 Å². The fourth-order valence-corrected chi connectivity index (χ4v) is 5.18. The second-order valence-electron chi connectivity index (χ2n) is 8.23. The summed E-state index contributed by atoms with van der Waals surface area (Å²) in [6.07, 6.45) is -0.595. The molecule has 2 aliphatic rings. The first-order chi connectivity index (χ1) is 15.1. The normalized spacial score (nSPS) is 21.1. The van der Waals surface area contributed by atoms with Crippen LogP contribution in [0.5, 0.6) is 0 Å². The van der Waals surface area contributed by atoms with E-state index < -0.39 is 24.0 Å². The highest BCUT2D eigenvalue weighted by molar-refractivity contribution is 5.79. The van der Waals surface area contributed by atoms with E-state index in [1.54, 1.807) is 0 Å². The van der Waals surface area contributed by atoms with Crippen molar-refractivity contribution < 1.29 is 19.4 Å². The first-order valence-electron chi connectivity index (χ1n) is 10.5. The van der Waals surface area contributed by atoms with Crippen molar-refractivity contribution >= 4 is 12.1 Å². The lowest BCUT2D eigenvalue weighted by Crippen LogP contribution is -2.36. The number of carboxylic acids is 1. The van der Waals surface area contributed by atoms with Gasteiger partial charge < -0.3 is 15.2 Å². The average molecular weight is 413 g/mol. The van der Waals surface area contributed by atoms with E-state index in [9.17, 15) is 14.7 Å². The van der Waals surface area contributed by atoms with Crippen LogP contribution in [0.25, 0.3) is 11.1 Å². The van der Waals surface area contributed by atoms with Gasteiger partial charge in [0, 0.05) is 5.92 Å². The van der Waals surface area contributed by atoms with Crippen LogP contribution < -0.4 is 5.32 Å². The standard InChI is InChI=1S/C26H23NO4/c1-15-16-8-2-7-13-21(16)24(23(15)25(28)29)27-26(30)31-14-22-19-11-5-3-9-17(19)18-10-4-6-12-20(18)22/h2-13,15,22-24H,14H2,1H3,(H,27,30)(H,28,29)/t15?,23-,24+/m0/s1. The number of hydrogen-bond acceptors (Lipinski definition) is 3. The smallest absolute Gasteiger partial charge is 0.407 e. The number of alkyl carbamates (subject to hydrolysis) is 1. The van der Waals surface area contributed by atoms with Crippen molar-refractivity contribution in [2.45, 2.75) is 24.8 Å². The summed E-state index contributed by atoms with van der Waals surface area (Å²) in [6.45, 7) is 2.08. The third-order valence-electron chi connectivity index (χ3n) is 6.62. The number of carbonyl (C=O) groups is 2. The molecule has 0 fully saturated rings. The van der Waals surface area contributed by atoms with Gasteiger partial charge in [-0.05, 0) is 39.3 Å². The van der Waals surface area contributed by atoms with E-state index in [4.69, 9.17) is 4.74 Å². The molecule has 2 N–H and O–H groups in total. The molecule has 31 heavy (non-hydrogen) atoms. The van der Waals surface area contributed by atoms with Gasteiger partial charge in [0.05, 0.1) is 12.0 Å². The van der Waals surface area contributed by atoms with Gasteiger partial charge in [0.1, 0.15) is 6.61 Å². The Balaban J connectivity index is 1.34. The zero-order chi connectivity index (χ0) is 21.5. The Bertz CT molecular complexity index is 1130. The molecule has 0 aromatic heterocycles. The highest BCUT2D eigenvalue weighted by atomic mass is 16.5. The van der Waals surface area contributed by atoms with Crippen LogP contribution in [0, 0.1) is 5.92 Å². The van der Waals surface area contributed by atoms with Gasteiger partial charge in [-0.2, -0.15) is 0 Å². The van der Waals surface area contributed by atoms with Crippen LogP contribution in [0.2, 0.25) is 0 Å². The summed E-state index contributed by atoms with van der Waals surface area (Å²) in [6, 6.07) is 23.3. The van der Waals surface area contributed by atoms with E-state index >= 15 is 0 Å². The number of rotatable bonds is 4. The molecule has 0 spiro atoms. The number of aliphatic carboxylic acids is 1. The summed E-state index contributed by atoms with van der Waals surface area (Å²) in [5.74, 6) is -1.87. The molecule has 3 atom stereocenters. The van der Waals surface area contributed by atoms with Gasteiger partial charge >= 0.3 is 12.1 Å². The van der Waals surface area contributed by atoms with Crippen LogP contribution in [0.3, 0.4) is 0 Å². The van der Waals surface area contributed by atoms with Crippen molar-refractivity contribution in [3.63, 3.8) is 0 Å². The fourth-order valence-electron chi connectivity index (χ4n) is 5.18. The Morgan fingerprint density at radius 2 is 1.35 bits per heavy atom. The van der Waals surface area contributed by atoms with Gasteiger partial charge in [0.2, 0.25) is 0 Å². The lowest BCUT2D eigenvalue weighted by molar-refractivity contribution is -0.143. The summed E-state index contributed by atoms with van der Waals surface area (Å²) >= 11 is 0. The Morgan fingerprint density at radius 3 is 1.94 bits per heavy atom. The maximum atomic E-state index is 12.7. The third kappa shape index (κ3) is 3.17. The first kappa shape index (κ1) is 19.4. The van der Waals surface area contributed by atoms with Gasteiger partial charge in [0.15, 0.2) is 0 Å². The van der Waals surface area contributed by atoms with E-state index in [1.807, 2.05) is 55.5 Å². The van der Waals surface area contributed by atoms with Crippen molar-refractivity contribution in [1.29, 1.82) is 0 Å². The average Bonchev–Trinajstić information content (AvgIpc) is 3.25. The van der Waals surface area contributed by atoms with Gasteiger partial charge in [-0.3, -0.25) is 4.79 Å². The lowest BCUT2D eigenvalue weighted by atomic mass is 9.92. The van der Waals surface area contributed by atoms with Crippen LogP contribution in [0.1, 0.15) is 47.1 Å². The largest absolute Gasteiger partial charge is 0.481 e. The molecule has 5 rings (SSSR count). The molecule has 5 heteroatoms. The summed E-state index contributed by atoms with van der Waals surface area (Å²) in [5, 5.41) is 12.6. The predicted octanol–water partition coefficient (Wildman–Crippen LogP) is 5.08. The van der Waals surface area contributed by atoms with Crippen molar-refractivity contribution in [1.82, 2.24) is 5.32 Å². The number of carboxylic acid groups (broad SMARTS) is 1. The molecule has 3 aromatic carbocycles. The van der Waals surface area contributed by atoms with Crippen molar-refractivity contribution in [2.24, 2.45) is 5.92 Å². The third-order valence-corrected chi connectivity index (χ3v) is 6.62. The monoisotopic (exact) mass is 413 g/mol. The number of carbonyl (C=O) groups excluding carboxylic acids is 1. The number of fused-ring (bicyclic) bond motifs is 4. The highest BCUT2D eigenvalue weighted by Crippen LogP contribution is 2.46. The number of ether oxygens (including phenoxy) is 1. The summed E-state index contributed by atoms with van der Waals surface area (Å²) in [4.78, 5) is 24.7. The van der Waals surface area contributed by atoms with Gasteiger partial charge in [-0.1, -0.05) is 79.7 Å². The molecule has 1 amide bonds. The molecule has 3 aromatic rings. The van der Waals surface area contributed by atoms with Gasteiger partial charge in [0.25, 0.3) is 0 Å². The topological polar surface area (TPSA) is 75.6 Å². The second-order valence-corrected chi connectivity index (χ2v) is 8.23. The van der Waals surface area contributed by atoms with Crippen LogP contribution in [0.15, 0.2) is 72.8 Å². The molecular formula is C26H23NO4. The zero-order valence-electron chi connectivity index (χ0n) is 17.1. The molecular weight excluding hydrogens is 390 g/mol. The van der Waals surface area contributed by atoms with Gasteiger partial charge in [-0.15, -0.1) is 0 Å². The molecule has 5 nitrogen and oxygen atoms in total. The molecule has 0 heterocycles. The maximum absolute atomic E-state index is 12.7. The SMILES string of the molecule is CC1c2ccccc2[C@@H](NC(=O)OCC2c3ccccc3-c3ccccc32)[C@H]1C(=O)O. The summed E-state index contributed by atoms with van der Waals surface area (Å²) in [5.41, 5.74) is 6.41. The minimum Gasteiger partial charge on any atom is -0.481 e. The molecule has 156 valence electrons. The van der Waals surface area contributed by atoms with Crippen LogP contribution >= 0.6 is 0 Å². The highest BCUT2D eigenvalue weighted by Gasteiger charge is 2.43. The summed E-state index contributed by atoms with van der Waals surface area (Å²) < 4.78 is 5.64. The molecule has 0 saturated carbocycles. The second kappa shape index (κ2) is 7.58. The van der Waals surface area contributed by atoms with E-state index in [1.165, 1.54) is 0 Å². The van der Waals surface area contributed by atoms with Crippen LogP contribution in [0.4, 0.5) is 4.79 Å². The summed E-state index contributed by atoms with van der Waals surface area (Å²) in [7, 11) is 0. The molecule has 0 radical (unpaired) electrons. The van der Waals surface area contributed by atoms with Crippen molar-refractivity contribution in [2.75, 3.05) is 6.61 Å². The molecule has 0 saturated heterocycles. The van der Waals surface area contributed by atoms with E-state index in [0.29, 0.717) is 0 Å².